The number of hydrogen-bond donors (Lipinski definition) is 2. The van der Waals surface area contributed by atoms with Crippen molar-refractivity contribution in [2.75, 3.05) is 6.54 Å². The lowest BCUT2D eigenvalue weighted by atomic mass is 10.1. The molecule has 3 rings (SSSR count). The Hall–Kier alpha value is -3.93. The zero-order chi connectivity index (χ0) is 21.2. The third-order valence-electron chi connectivity index (χ3n) is 4.31. The fraction of sp³-hybridized carbons (Fsp3) is 0.125. The van der Waals surface area contributed by atoms with Crippen LogP contribution in [0, 0.1) is 6.92 Å². The van der Waals surface area contributed by atoms with Crippen molar-refractivity contribution in [2.45, 2.75) is 13.5 Å². The van der Waals surface area contributed by atoms with Crippen LogP contribution in [-0.4, -0.2) is 24.6 Å². The molecule has 2 N–H and O–H groups in total. The van der Waals surface area contributed by atoms with Crippen LogP contribution in [0.5, 0.6) is 5.75 Å². The highest BCUT2D eigenvalue weighted by Gasteiger charge is 2.09. The van der Waals surface area contributed by atoms with Crippen molar-refractivity contribution in [1.82, 2.24) is 10.7 Å². The van der Waals surface area contributed by atoms with E-state index < -0.39 is 5.91 Å². The third kappa shape index (κ3) is 6.31. The molecular formula is C24H23N3O3. The van der Waals surface area contributed by atoms with Crippen LogP contribution in [-0.2, 0) is 11.4 Å². The Kier molecular flexibility index (Phi) is 7.33. The van der Waals surface area contributed by atoms with Gasteiger partial charge in [0.15, 0.2) is 0 Å². The van der Waals surface area contributed by atoms with Gasteiger partial charge in [-0.3, -0.25) is 9.59 Å². The molecule has 0 aliphatic carbocycles. The van der Waals surface area contributed by atoms with Crippen molar-refractivity contribution < 1.29 is 14.3 Å². The molecule has 0 heterocycles. The van der Waals surface area contributed by atoms with Crippen LogP contribution in [0.15, 0.2) is 84.0 Å². The number of benzene rings is 3. The molecule has 3 aromatic rings. The van der Waals surface area contributed by atoms with Gasteiger partial charge in [0, 0.05) is 5.56 Å². The smallest absolute Gasteiger partial charge is 0.259 e. The highest BCUT2D eigenvalue weighted by atomic mass is 16.5. The van der Waals surface area contributed by atoms with Crippen molar-refractivity contribution >= 4 is 18.0 Å². The van der Waals surface area contributed by atoms with E-state index in [4.69, 9.17) is 4.74 Å². The van der Waals surface area contributed by atoms with Crippen molar-refractivity contribution in [3.8, 4) is 5.75 Å². The van der Waals surface area contributed by atoms with Crippen molar-refractivity contribution in [2.24, 2.45) is 5.10 Å². The molecule has 0 aliphatic heterocycles. The summed E-state index contributed by atoms with van der Waals surface area (Å²) in [6.45, 7) is 2.15. The van der Waals surface area contributed by atoms with E-state index in [2.05, 4.69) is 15.8 Å². The Morgan fingerprint density at radius 1 is 0.967 bits per heavy atom. The predicted octanol–water partition coefficient (Wildman–Crippen LogP) is 3.45. The first-order valence-corrected chi connectivity index (χ1v) is 9.54. The van der Waals surface area contributed by atoms with Crippen molar-refractivity contribution in [3.05, 3.63) is 101 Å². The van der Waals surface area contributed by atoms with E-state index in [0.717, 1.165) is 16.7 Å². The highest BCUT2D eigenvalue weighted by Crippen LogP contribution is 2.14. The third-order valence-corrected chi connectivity index (χ3v) is 4.31. The number of ether oxygens (including phenoxy) is 1. The normalized spacial score (nSPS) is 10.6. The van der Waals surface area contributed by atoms with Gasteiger partial charge >= 0.3 is 0 Å². The maximum atomic E-state index is 12.1. The lowest BCUT2D eigenvalue weighted by Crippen LogP contribution is -2.35. The number of nitrogens with zero attached hydrogens (tertiary/aromatic N) is 1. The lowest BCUT2D eigenvalue weighted by Gasteiger charge is -2.07. The second-order valence-electron chi connectivity index (χ2n) is 6.64. The zero-order valence-electron chi connectivity index (χ0n) is 16.7. The van der Waals surface area contributed by atoms with Crippen molar-refractivity contribution in [3.63, 3.8) is 0 Å². The quantitative estimate of drug-likeness (QED) is 0.448. The second kappa shape index (κ2) is 10.6. The number of carbonyl (C=O) groups excluding carboxylic acids is 2. The molecule has 6 heteroatoms. The molecule has 0 unspecified atom stereocenters. The van der Waals surface area contributed by atoms with Gasteiger partial charge in [-0.05, 0) is 41.8 Å². The van der Waals surface area contributed by atoms with Gasteiger partial charge in [0.2, 0.25) is 0 Å². The second-order valence-corrected chi connectivity index (χ2v) is 6.64. The number of amides is 2. The number of hydrazone groups is 1. The molecule has 0 atom stereocenters. The fourth-order valence-corrected chi connectivity index (χ4v) is 2.73. The first-order chi connectivity index (χ1) is 14.6. The average Bonchev–Trinajstić information content (AvgIpc) is 2.77. The average molecular weight is 401 g/mol. The first kappa shape index (κ1) is 20.8. The van der Waals surface area contributed by atoms with Gasteiger partial charge in [0.1, 0.15) is 12.4 Å². The SMILES string of the molecule is Cc1ccccc1C(=O)NCC(=O)N/N=C\c1cccc(OCc2ccccc2)c1. The summed E-state index contributed by atoms with van der Waals surface area (Å²) < 4.78 is 5.78. The van der Waals surface area contributed by atoms with Crippen LogP contribution in [0.4, 0.5) is 0 Å². The van der Waals surface area contributed by atoms with E-state index in [0.29, 0.717) is 17.9 Å². The number of rotatable bonds is 8. The Morgan fingerprint density at radius 3 is 2.53 bits per heavy atom. The molecule has 0 radical (unpaired) electrons. The van der Waals surface area contributed by atoms with Gasteiger partial charge in [-0.1, -0.05) is 60.7 Å². The molecule has 0 fully saturated rings. The zero-order valence-corrected chi connectivity index (χ0v) is 16.7. The largest absolute Gasteiger partial charge is 0.489 e. The number of aryl methyl sites for hydroxylation is 1. The van der Waals surface area contributed by atoms with E-state index >= 15 is 0 Å². The van der Waals surface area contributed by atoms with E-state index in [1.807, 2.05) is 73.7 Å². The number of nitrogens with one attached hydrogen (secondary N) is 2. The maximum Gasteiger partial charge on any atom is 0.259 e. The molecule has 0 saturated carbocycles. The van der Waals surface area contributed by atoms with Gasteiger partial charge in [-0.25, -0.2) is 5.43 Å². The van der Waals surface area contributed by atoms with Crippen LogP contribution in [0.1, 0.15) is 27.0 Å². The molecular weight excluding hydrogens is 378 g/mol. The molecule has 0 bridgehead atoms. The van der Waals surface area contributed by atoms with Crippen molar-refractivity contribution in [1.29, 1.82) is 0 Å². The summed E-state index contributed by atoms with van der Waals surface area (Å²) in [5, 5.41) is 6.52. The summed E-state index contributed by atoms with van der Waals surface area (Å²) in [7, 11) is 0. The monoisotopic (exact) mass is 401 g/mol. The standard InChI is InChI=1S/C24H23N3O3/c1-18-8-5-6-13-22(18)24(29)25-16-23(28)27-26-15-20-11-7-12-21(14-20)30-17-19-9-3-2-4-10-19/h2-15H,16-17H2,1H3,(H,25,29)(H,27,28)/b26-15-. The van der Waals surface area contributed by atoms with Crippen LogP contribution in [0.3, 0.4) is 0 Å². The molecule has 2 amide bonds. The van der Waals surface area contributed by atoms with Gasteiger partial charge in [-0.2, -0.15) is 5.10 Å². The predicted molar refractivity (Wildman–Crippen MR) is 116 cm³/mol. The summed E-state index contributed by atoms with van der Waals surface area (Å²) in [4.78, 5) is 24.0. The lowest BCUT2D eigenvalue weighted by molar-refractivity contribution is -0.120. The Labute approximate surface area is 175 Å². The molecule has 0 aromatic heterocycles. The number of hydrogen-bond acceptors (Lipinski definition) is 4. The molecule has 152 valence electrons. The minimum absolute atomic E-state index is 0.162. The molecule has 0 spiro atoms. The minimum Gasteiger partial charge on any atom is -0.489 e. The number of carbonyl (C=O) groups is 2. The van der Waals surface area contributed by atoms with Gasteiger partial charge in [0.05, 0.1) is 12.8 Å². The van der Waals surface area contributed by atoms with E-state index in [1.165, 1.54) is 6.21 Å². The Balaban J connectivity index is 1.46. The summed E-state index contributed by atoms with van der Waals surface area (Å²) in [6, 6.07) is 24.5. The van der Waals surface area contributed by atoms with Gasteiger partial charge < -0.3 is 10.1 Å². The Bertz CT molecular complexity index is 1030. The minimum atomic E-state index is -0.412. The first-order valence-electron chi connectivity index (χ1n) is 9.54. The summed E-state index contributed by atoms with van der Waals surface area (Å²) in [6.07, 6.45) is 1.52. The van der Waals surface area contributed by atoms with Crippen LogP contribution in [0.25, 0.3) is 0 Å². The molecule has 0 saturated heterocycles. The van der Waals surface area contributed by atoms with E-state index in [-0.39, 0.29) is 12.5 Å². The topological polar surface area (TPSA) is 79.8 Å². The summed E-state index contributed by atoms with van der Waals surface area (Å²) >= 11 is 0. The molecule has 0 aliphatic rings. The molecule has 30 heavy (non-hydrogen) atoms. The van der Waals surface area contributed by atoms with E-state index in [1.54, 1.807) is 12.1 Å². The summed E-state index contributed by atoms with van der Waals surface area (Å²) in [5.74, 6) is -0.000198. The van der Waals surface area contributed by atoms with Crippen LogP contribution < -0.4 is 15.5 Å². The van der Waals surface area contributed by atoms with Gasteiger partial charge in [0.25, 0.3) is 11.8 Å². The van der Waals surface area contributed by atoms with Gasteiger partial charge in [-0.15, -0.1) is 0 Å². The molecule has 6 nitrogen and oxygen atoms in total. The van der Waals surface area contributed by atoms with E-state index in [9.17, 15) is 9.59 Å². The Morgan fingerprint density at radius 2 is 1.73 bits per heavy atom. The van der Waals surface area contributed by atoms with Crippen LogP contribution >= 0.6 is 0 Å². The van der Waals surface area contributed by atoms with Crippen LogP contribution in [0.2, 0.25) is 0 Å². The maximum absolute atomic E-state index is 12.1. The molecule has 3 aromatic carbocycles. The highest BCUT2D eigenvalue weighted by molar-refractivity contribution is 5.97. The summed E-state index contributed by atoms with van der Waals surface area (Å²) in [5.41, 5.74) is 5.66. The fourth-order valence-electron chi connectivity index (χ4n) is 2.73.